The highest BCUT2D eigenvalue weighted by molar-refractivity contribution is 5.79. The fourth-order valence-corrected chi connectivity index (χ4v) is 2.41. The first-order valence-electron chi connectivity index (χ1n) is 9.62. The minimum absolute atomic E-state index is 0.0260. The lowest BCUT2D eigenvalue weighted by molar-refractivity contribution is -0.130. The van der Waals surface area contributed by atoms with Crippen LogP contribution < -0.4 is 20.1 Å². The lowest BCUT2D eigenvalue weighted by Gasteiger charge is -2.14. The molecule has 0 atom stereocenters. The van der Waals surface area contributed by atoms with Crippen molar-refractivity contribution in [3.63, 3.8) is 0 Å². The number of aliphatic imine (C=N–C) groups is 1. The summed E-state index contributed by atoms with van der Waals surface area (Å²) < 4.78 is 11.2. The third-order valence-electron chi connectivity index (χ3n) is 4.07. The van der Waals surface area contributed by atoms with Crippen LogP contribution in [0.15, 0.2) is 59.6 Å². The van der Waals surface area contributed by atoms with Crippen molar-refractivity contribution in [2.45, 2.75) is 13.0 Å². The maximum absolute atomic E-state index is 11.6. The van der Waals surface area contributed by atoms with Crippen molar-refractivity contribution < 1.29 is 14.3 Å². The first-order valence-corrected chi connectivity index (χ1v) is 9.62. The maximum Gasteiger partial charge on any atom is 0.259 e. The minimum atomic E-state index is -0.0747. The second-order valence-electron chi connectivity index (χ2n) is 6.59. The zero-order valence-corrected chi connectivity index (χ0v) is 17.4. The van der Waals surface area contributed by atoms with Crippen LogP contribution in [0.1, 0.15) is 12.0 Å². The highest BCUT2D eigenvalue weighted by atomic mass is 16.5. The van der Waals surface area contributed by atoms with Crippen LogP contribution in [0.5, 0.6) is 11.5 Å². The standard InChI is InChI=1S/C22H30N4O3/c1-23-22(24-13-8-14-28-19-10-5-4-6-11-19)25-16-18-9-7-12-20(15-18)29-17-21(27)26(2)3/h4-7,9-12,15H,8,13-14,16-17H2,1-3H3,(H2,23,24,25). The minimum Gasteiger partial charge on any atom is -0.494 e. The van der Waals surface area contributed by atoms with Crippen LogP contribution in [0.2, 0.25) is 0 Å². The van der Waals surface area contributed by atoms with Gasteiger partial charge < -0.3 is 25.0 Å². The molecule has 0 aliphatic heterocycles. The van der Waals surface area contributed by atoms with Gasteiger partial charge in [-0.05, 0) is 36.2 Å². The lowest BCUT2D eigenvalue weighted by Crippen LogP contribution is -2.37. The van der Waals surface area contributed by atoms with Crippen molar-refractivity contribution in [2.75, 3.05) is 40.9 Å². The average molecular weight is 399 g/mol. The Bertz CT molecular complexity index is 779. The normalized spacial score (nSPS) is 10.9. The summed E-state index contributed by atoms with van der Waals surface area (Å²) in [7, 11) is 5.15. The molecule has 0 spiro atoms. The predicted octanol–water partition coefficient (Wildman–Crippen LogP) is 2.29. The van der Waals surface area contributed by atoms with E-state index in [2.05, 4.69) is 15.6 Å². The van der Waals surface area contributed by atoms with Crippen molar-refractivity contribution in [2.24, 2.45) is 4.99 Å². The Balaban J connectivity index is 1.69. The molecule has 1 amide bonds. The number of carbonyl (C=O) groups excluding carboxylic acids is 1. The van der Waals surface area contributed by atoms with Crippen LogP contribution >= 0.6 is 0 Å². The summed E-state index contributed by atoms with van der Waals surface area (Å²) in [5.74, 6) is 2.19. The van der Waals surface area contributed by atoms with Gasteiger partial charge in [0.1, 0.15) is 11.5 Å². The lowest BCUT2D eigenvalue weighted by atomic mass is 10.2. The SMILES string of the molecule is CN=C(NCCCOc1ccccc1)NCc1cccc(OCC(=O)N(C)C)c1. The molecule has 7 heteroatoms. The highest BCUT2D eigenvalue weighted by Crippen LogP contribution is 2.13. The Labute approximate surface area is 172 Å². The molecular weight excluding hydrogens is 368 g/mol. The van der Waals surface area contributed by atoms with Crippen molar-refractivity contribution >= 4 is 11.9 Å². The highest BCUT2D eigenvalue weighted by Gasteiger charge is 2.05. The van der Waals surface area contributed by atoms with Crippen molar-refractivity contribution in [3.8, 4) is 11.5 Å². The molecule has 0 saturated heterocycles. The number of rotatable bonds is 10. The fourth-order valence-electron chi connectivity index (χ4n) is 2.41. The van der Waals surface area contributed by atoms with Crippen LogP contribution in [0.4, 0.5) is 0 Å². The van der Waals surface area contributed by atoms with Crippen LogP contribution in [-0.4, -0.2) is 57.7 Å². The number of nitrogens with one attached hydrogen (secondary N) is 2. The molecule has 0 heterocycles. The number of hydrogen-bond donors (Lipinski definition) is 2. The maximum atomic E-state index is 11.6. The molecule has 2 N–H and O–H groups in total. The third kappa shape index (κ3) is 8.55. The molecule has 29 heavy (non-hydrogen) atoms. The van der Waals surface area contributed by atoms with Gasteiger partial charge in [0.25, 0.3) is 5.91 Å². The quantitative estimate of drug-likeness (QED) is 0.365. The number of hydrogen-bond acceptors (Lipinski definition) is 4. The van der Waals surface area contributed by atoms with Gasteiger partial charge in [-0.3, -0.25) is 9.79 Å². The summed E-state index contributed by atoms with van der Waals surface area (Å²) in [6.45, 7) is 2.01. The summed E-state index contributed by atoms with van der Waals surface area (Å²) in [5.41, 5.74) is 1.04. The van der Waals surface area contributed by atoms with Crippen molar-refractivity contribution in [1.82, 2.24) is 15.5 Å². The molecule has 0 fully saturated rings. The number of likely N-dealkylation sites (N-methyl/N-ethyl adjacent to an activating group) is 1. The van der Waals surface area contributed by atoms with Crippen molar-refractivity contribution in [1.29, 1.82) is 0 Å². The number of nitrogens with zero attached hydrogens (tertiary/aromatic N) is 2. The van der Waals surface area contributed by atoms with E-state index in [0.717, 1.165) is 30.2 Å². The number of ether oxygens (including phenoxy) is 2. The second kappa shape index (κ2) is 12.3. The van der Waals surface area contributed by atoms with E-state index in [1.165, 1.54) is 4.90 Å². The fraction of sp³-hybridized carbons (Fsp3) is 0.364. The van der Waals surface area contributed by atoms with Gasteiger partial charge in [0.15, 0.2) is 12.6 Å². The molecule has 0 bridgehead atoms. The molecule has 0 aliphatic rings. The summed E-state index contributed by atoms with van der Waals surface area (Å²) in [4.78, 5) is 17.4. The Morgan fingerprint density at radius 2 is 1.76 bits per heavy atom. The molecule has 0 radical (unpaired) electrons. The van der Waals surface area contributed by atoms with Gasteiger partial charge in [0.05, 0.1) is 6.61 Å². The number of para-hydroxylation sites is 1. The smallest absolute Gasteiger partial charge is 0.259 e. The zero-order chi connectivity index (χ0) is 20.9. The summed E-state index contributed by atoms with van der Waals surface area (Å²) in [6.07, 6.45) is 0.860. The molecule has 0 unspecified atom stereocenters. The molecule has 156 valence electrons. The van der Waals surface area contributed by atoms with E-state index >= 15 is 0 Å². The van der Waals surface area contributed by atoms with Gasteiger partial charge in [0, 0.05) is 34.2 Å². The average Bonchev–Trinajstić information content (AvgIpc) is 2.75. The van der Waals surface area contributed by atoms with E-state index in [9.17, 15) is 4.79 Å². The first kappa shape index (κ1) is 22.1. The van der Waals surface area contributed by atoms with Gasteiger partial charge >= 0.3 is 0 Å². The summed E-state index contributed by atoms with van der Waals surface area (Å²) >= 11 is 0. The van der Waals surface area contributed by atoms with Gasteiger partial charge in [-0.2, -0.15) is 0 Å². The number of carbonyl (C=O) groups is 1. The topological polar surface area (TPSA) is 75.2 Å². The van der Waals surface area contributed by atoms with E-state index in [1.54, 1.807) is 21.1 Å². The molecule has 2 aromatic carbocycles. The van der Waals surface area contributed by atoms with Crippen LogP contribution in [0.25, 0.3) is 0 Å². The zero-order valence-electron chi connectivity index (χ0n) is 17.4. The molecule has 0 aliphatic carbocycles. The van der Waals surface area contributed by atoms with Gasteiger partial charge in [0.2, 0.25) is 0 Å². The van der Waals surface area contributed by atoms with E-state index in [-0.39, 0.29) is 12.5 Å². The van der Waals surface area contributed by atoms with E-state index < -0.39 is 0 Å². The van der Waals surface area contributed by atoms with Gasteiger partial charge in [-0.25, -0.2) is 0 Å². The Kier molecular flexibility index (Phi) is 9.35. The van der Waals surface area contributed by atoms with Crippen LogP contribution in [-0.2, 0) is 11.3 Å². The predicted molar refractivity (Wildman–Crippen MR) is 115 cm³/mol. The van der Waals surface area contributed by atoms with E-state index in [4.69, 9.17) is 9.47 Å². The number of guanidine groups is 1. The molecule has 0 aromatic heterocycles. The first-order chi connectivity index (χ1) is 14.1. The number of amides is 1. The van der Waals surface area contributed by atoms with Crippen LogP contribution in [0.3, 0.4) is 0 Å². The molecule has 0 saturated carbocycles. The second-order valence-corrected chi connectivity index (χ2v) is 6.59. The van der Waals surface area contributed by atoms with Crippen LogP contribution in [0, 0.1) is 0 Å². The van der Waals surface area contributed by atoms with Gasteiger partial charge in [-0.15, -0.1) is 0 Å². The molecular formula is C22H30N4O3. The third-order valence-corrected chi connectivity index (χ3v) is 4.07. The summed E-state index contributed by atoms with van der Waals surface area (Å²) in [6, 6.07) is 17.4. The Morgan fingerprint density at radius 1 is 1.00 bits per heavy atom. The molecule has 2 aromatic rings. The molecule has 2 rings (SSSR count). The van der Waals surface area contributed by atoms with Gasteiger partial charge in [-0.1, -0.05) is 30.3 Å². The Hall–Kier alpha value is -3.22. The van der Waals surface area contributed by atoms with E-state index in [1.807, 2.05) is 54.6 Å². The van der Waals surface area contributed by atoms with Crippen molar-refractivity contribution in [3.05, 3.63) is 60.2 Å². The molecule has 7 nitrogen and oxygen atoms in total. The Morgan fingerprint density at radius 3 is 2.48 bits per heavy atom. The number of benzene rings is 2. The summed E-state index contributed by atoms with van der Waals surface area (Å²) in [5, 5.41) is 6.54. The largest absolute Gasteiger partial charge is 0.494 e. The monoisotopic (exact) mass is 398 g/mol. The van der Waals surface area contributed by atoms with E-state index in [0.29, 0.717) is 18.9 Å².